The highest BCUT2D eigenvalue weighted by Crippen LogP contribution is 2.38. The third-order valence-electron chi connectivity index (χ3n) is 5.77. The molecule has 0 spiro atoms. The van der Waals surface area contributed by atoms with Crippen LogP contribution in [-0.2, 0) is 22.8 Å². The summed E-state index contributed by atoms with van der Waals surface area (Å²) in [6.45, 7) is -0.588. The predicted molar refractivity (Wildman–Crippen MR) is 130 cm³/mol. The number of nitrogens with zero attached hydrogens (tertiary/aromatic N) is 3. The molecule has 5 rings (SSSR count). The first-order valence-corrected chi connectivity index (χ1v) is 12.3. The summed E-state index contributed by atoms with van der Waals surface area (Å²) in [5.41, 5.74) is 0.0380. The zero-order valence-corrected chi connectivity index (χ0v) is 19.7. The first kappa shape index (κ1) is 24.5. The van der Waals surface area contributed by atoms with E-state index in [1.165, 1.54) is 54.8 Å². The molecule has 0 aliphatic rings. The Balaban J connectivity index is 1.64. The molecule has 0 unspecified atom stereocenters. The van der Waals surface area contributed by atoms with E-state index in [0.29, 0.717) is 10.9 Å². The second-order valence-electron chi connectivity index (χ2n) is 8.09. The number of aliphatic hydroxyl groups excluding tert-OH is 1. The zero-order chi connectivity index (χ0) is 26.2. The Kier molecular flexibility index (Phi) is 6.18. The third-order valence-corrected chi connectivity index (χ3v) is 7.49. The van der Waals surface area contributed by atoms with E-state index in [1.807, 2.05) is 0 Å². The molecule has 0 saturated heterocycles. The zero-order valence-electron chi connectivity index (χ0n) is 18.9. The van der Waals surface area contributed by atoms with Crippen LogP contribution in [0, 0.1) is 0 Å². The molecule has 0 atom stereocenters. The average Bonchev–Trinajstić information content (AvgIpc) is 3.42. The molecule has 2 heterocycles. The number of aliphatic hydroxyl groups is 1. The fourth-order valence-corrected chi connectivity index (χ4v) is 5.48. The van der Waals surface area contributed by atoms with Crippen molar-refractivity contribution >= 4 is 32.3 Å². The van der Waals surface area contributed by atoms with Gasteiger partial charge in [0.25, 0.3) is 10.0 Å². The van der Waals surface area contributed by atoms with Crippen molar-refractivity contribution in [2.24, 2.45) is 0 Å². The van der Waals surface area contributed by atoms with Crippen LogP contribution in [0.15, 0.2) is 101 Å². The van der Waals surface area contributed by atoms with Crippen molar-refractivity contribution in [3.8, 4) is 11.1 Å². The molecule has 2 aromatic heterocycles. The summed E-state index contributed by atoms with van der Waals surface area (Å²) in [5.74, 6) is -0.0589. The maximum atomic E-state index is 13.9. The first-order valence-electron chi connectivity index (χ1n) is 10.9. The van der Waals surface area contributed by atoms with Gasteiger partial charge in [-0.3, -0.25) is 4.98 Å². The Morgan fingerprint density at radius 3 is 2.46 bits per heavy atom. The van der Waals surface area contributed by atoms with Crippen LogP contribution < -0.4 is 4.31 Å². The van der Waals surface area contributed by atoms with Gasteiger partial charge in [0.05, 0.1) is 22.8 Å². The van der Waals surface area contributed by atoms with E-state index in [9.17, 15) is 26.7 Å². The van der Waals surface area contributed by atoms with E-state index >= 15 is 0 Å². The quantitative estimate of drug-likeness (QED) is 0.295. The number of fused-ring (bicyclic) bond motifs is 1. The Morgan fingerprint density at radius 1 is 0.919 bits per heavy atom. The fraction of sp³-hybridized carbons (Fsp3) is 0.0769. The first-order chi connectivity index (χ1) is 17.7. The van der Waals surface area contributed by atoms with Crippen molar-refractivity contribution in [1.82, 2.24) is 10.1 Å². The number of sulfonamides is 1. The van der Waals surface area contributed by atoms with Gasteiger partial charge in [0.15, 0.2) is 5.82 Å². The fourth-order valence-electron chi connectivity index (χ4n) is 3.98. The van der Waals surface area contributed by atoms with Crippen molar-refractivity contribution < 1.29 is 31.2 Å². The lowest BCUT2D eigenvalue weighted by Crippen LogP contribution is -2.27. The molecule has 188 valence electrons. The lowest BCUT2D eigenvalue weighted by atomic mass is 10.00. The number of aromatic nitrogens is 2. The molecule has 0 aliphatic heterocycles. The van der Waals surface area contributed by atoms with Gasteiger partial charge in [0, 0.05) is 29.4 Å². The number of benzene rings is 3. The van der Waals surface area contributed by atoms with Crippen molar-refractivity contribution in [1.29, 1.82) is 0 Å². The van der Waals surface area contributed by atoms with Gasteiger partial charge in [-0.05, 0) is 59.0 Å². The number of halogens is 3. The minimum atomic E-state index is -4.52. The molecule has 7 nitrogen and oxygen atoms in total. The SMILES string of the molecule is O=S(=O)(c1ccc2cnccc2c1)N(c1ccon1)c1ccc(-c2cccc(C(F)(F)F)c2)cc1CO. The lowest BCUT2D eigenvalue weighted by molar-refractivity contribution is -0.137. The average molecular weight is 526 g/mol. The lowest BCUT2D eigenvalue weighted by Gasteiger charge is -2.24. The van der Waals surface area contributed by atoms with Crippen LogP contribution in [0.3, 0.4) is 0 Å². The summed E-state index contributed by atoms with van der Waals surface area (Å²) in [7, 11) is -4.27. The second-order valence-corrected chi connectivity index (χ2v) is 9.88. The minimum Gasteiger partial charge on any atom is -0.392 e. The van der Waals surface area contributed by atoms with Crippen LogP contribution in [0.5, 0.6) is 0 Å². The van der Waals surface area contributed by atoms with E-state index < -0.39 is 28.4 Å². The standard InChI is InChI=1S/C26H18F3N3O4S/c27-26(28,29)22-3-1-2-17(13-22)18-5-7-24(21(12-18)16-33)32(25-9-11-36-31-25)37(34,35)23-6-4-20-15-30-10-8-19(20)14-23/h1-15,33H,16H2. The molecule has 0 saturated carbocycles. The van der Waals surface area contributed by atoms with Crippen molar-refractivity contribution in [3.63, 3.8) is 0 Å². The summed E-state index contributed by atoms with van der Waals surface area (Å²) in [6.07, 6.45) is -0.162. The highest BCUT2D eigenvalue weighted by molar-refractivity contribution is 7.93. The van der Waals surface area contributed by atoms with Gasteiger partial charge in [0.1, 0.15) is 6.26 Å². The van der Waals surface area contributed by atoms with Crippen LogP contribution in [0.25, 0.3) is 21.9 Å². The molecule has 37 heavy (non-hydrogen) atoms. The van der Waals surface area contributed by atoms with Crippen LogP contribution in [-0.4, -0.2) is 23.7 Å². The van der Waals surface area contributed by atoms with Gasteiger partial charge in [-0.1, -0.05) is 29.4 Å². The summed E-state index contributed by atoms with van der Waals surface area (Å²) in [6, 6.07) is 16.7. The van der Waals surface area contributed by atoms with Crippen LogP contribution in [0.1, 0.15) is 11.1 Å². The normalized spacial score (nSPS) is 12.1. The minimum absolute atomic E-state index is 0.0416. The van der Waals surface area contributed by atoms with E-state index in [1.54, 1.807) is 24.5 Å². The summed E-state index contributed by atoms with van der Waals surface area (Å²) >= 11 is 0. The maximum Gasteiger partial charge on any atom is 0.416 e. The molecule has 0 fully saturated rings. The molecule has 0 radical (unpaired) electrons. The highest BCUT2D eigenvalue weighted by atomic mass is 32.2. The topological polar surface area (TPSA) is 96.5 Å². The van der Waals surface area contributed by atoms with Gasteiger partial charge < -0.3 is 9.63 Å². The molecule has 0 amide bonds. The van der Waals surface area contributed by atoms with Gasteiger partial charge >= 0.3 is 6.18 Å². The Bertz CT molecular complexity index is 1690. The predicted octanol–water partition coefficient (Wildman–Crippen LogP) is 5.93. The maximum absolute atomic E-state index is 13.9. The van der Waals surface area contributed by atoms with Crippen LogP contribution in [0.2, 0.25) is 0 Å². The Hall–Kier alpha value is -4.22. The Morgan fingerprint density at radius 2 is 1.73 bits per heavy atom. The third kappa shape index (κ3) is 4.66. The van der Waals surface area contributed by atoms with Gasteiger partial charge in [-0.15, -0.1) is 0 Å². The largest absolute Gasteiger partial charge is 0.416 e. The van der Waals surface area contributed by atoms with Crippen LogP contribution >= 0.6 is 0 Å². The molecule has 0 bridgehead atoms. The summed E-state index contributed by atoms with van der Waals surface area (Å²) in [4.78, 5) is 3.99. The van der Waals surface area contributed by atoms with Crippen LogP contribution in [0.4, 0.5) is 24.7 Å². The van der Waals surface area contributed by atoms with Gasteiger partial charge in [-0.25, -0.2) is 12.7 Å². The molecular weight excluding hydrogens is 507 g/mol. The molecule has 1 N–H and O–H groups in total. The number of hydrogen-bond acceptors (Lipinski definition) is 6. The number of anilines is 2. The molecule has 3 aromatic carbocycles. The number of alkyl halides is 3. The second kappa shape index (κ2) is 9.34. The van der Waals surface area contributed by atoms with Gasteiger partial charge in [0.2, 0.25) is 0 Å². The summed E-state index contributed by atoms with van der Waals surface area (Å²) in [5, 5.41) is 15.3. The smallest absolute Gasteiger partial charge is 0.392 e. The number of rotatable bonds is 6. The van der Waals surface area contributed by atoms with Gasteiger partial charge in [-0.2, -0.15) is 13.2 Å². The molecular formula is C26H18F3N3O4S. The van der Waals surface area contributed by atoms with Crippen molar-refractivity contribution in [2.45, 2.75) is 17.7 Å². The monoisotopic (exact) mass is 525 g/mol. The molecule has 5 aromatic rings. The van der Waals surface area contributed by atoms with E-state index in [-0.39, 0.29) is 27.5 Å². The Labute approximate surface area is 209 Å². The molecule has 0 aliphatic carbocycles. The van der Waals surface area contributed by atoms with E-state index in [2.05, 4.69) is 10.1 Å². The number of pyridine rings is 1. The molecule has 11 heteroatoms. The van der Waals surface area contributed by atoms with Crippen molar-refractivity contribution in [2.75, 3.05) is 4.31 Å². The van der Waals surface area contributed by atoms with E-state index in [0.717, 1.165) is 21.8 Å². The number of hydrogen-bond donors (Lipinski definition) is 1. The van der Waals surface area contributed by atoms with E-state index in [4.69, 9.17) is 4.52 Å². The van der Waals surface area contributed by atoms with Crippen molar-refractivity contribution in [3.05, 3.63) is 103 Å². The summed E-state index contributed by atoms with van der Waals surface area (Å²) < 4.78 is 73.2. The highest BCUT2D eigenvalue weighted by Gasteiger charge is 2.32.